The van der Waals surface area contributed by atoms with Crippen molar-refractivity contribution in [3.05, 3.63) is 29.8 Å². The van der Waals surface area contributed by atoms with Crippen molar-refractivity contribution in [3.63, 3.8) is 0 Å². The lowest BCUT2D eigenvalue weighted by Crippen LogP contribution is -2.47. The highest BCUT2D eigenvalue weighted by Gasteiger charge is 2.19. The van der Waals surface area contributed by atoms with E-state index in [2.05, 4.69) is 10.6 Å². The molecule has 0 spiro atoms. The molecule has 1 atom stereocenters. The molecule has 2 amide bonds. The molecule has 1 aromatic carbocycles. The molecule has 0 heterocycles. The number of urea groups is 1. The highest BCUT2D eigenvalue weighted by molar-refractivity contribution is 5.82. The van der Waals surface area contributed by atoms with Crippen LogP contribution in [0.2, 0.25) is 0 Å². The minimum atomic E-state index is -1.10. The molecule has 0 aliphatic rings. The number of aromatic hydroxyl groups is 1. The average Bonchev–Trinajstić information content (AvgIpc) is 2.31. The molecule has 0 aliphatic heterocycles. The summed E-state index contributed by atoms with van der Waals surface area (Å²) in [6.45, 7) is 2.17. The van der Waals surface area contributed by atoms with Crippen LogP contribution in [0.25, 0.3) is 0 Å². The lowest BCUT2D eigenvalue weighted by atomic mass is 10.1. The molecular weight excluding hydrogens is 236 g/mol. The number of aliphatic carboxylic acids is 1. The van der Waals surface area contributed by atoms with Crippen molar-refractivity contribution in [1.29, 1.82) is 0 Å². The second kappa shape index (κ2) is 6.48. The predicted octanol–water partition coefficient (Wildman–Crippen LogP) is 0.707. The van der Waals surface area contributed by atoms with E-state index in [0.29, 0.717) is 6.54 Å². The summed E-state index contributed by atoms with van der Waals surface area (Å²) >= 11 is 0. The van der Waals surface area contributed by atoms with Gasteiger partial charge >= 0.3 is 12.0 Å². The number of rotatable bonds is 5. The zero-order valence-electron chi connectivity index (χ0n) is 10.0. The van der Waals surface area contributed by atoms with Gasteiger partial charge in [0.05, 0.1) is 0 Å². The van der Waals surface area contributed by atoms with E-state index in [-0.39, 0.29) is 12.2 Å². The molecule has 1 rings (SSSR count). The highest BCUT2D eigenvalue weighted by atomic mass is 16.4. The van der Waals surface area contributed by atoms with Crippen LogP contribution in [0.1, 0.15) is 12.5 Å². The number of benzene rings is 1. The molecule has 0 aliphatic carbocycles. The number of carboxylic acids is 1. The van der Waals surface area contributed by atoms with Crippen LogP contribution in [0.4, 0.5) is 4.79 Å². The van der Waals surface area contributed by atoms with Gasteiger partial charge in [-0.1, -0.05) is 12.1 Å². The van der Waals surface area contributed by atoms with Crippen LogP contribution >= 0.6 is 0 Å². The number of carbonyl (C=O) groups is 2. The van der Waals surface area contributed by atoms with Gasteiger partial charge in [-0.25, -0.2) is 9.59 Å². The first-order valence-corrected chi connectivity index (χ1v) is 5.58. The normalized spacial score (nSPS) is 11.6. The third-order valence-electron chi connectivity index (χ3n) is 2.32. The first-order chi connectivity index (χ1) is 8.52. The van der Waals surface area contributed by atoms with Gasteiger partial charge in [-0.05, 0) is 24.6 Å². The molecule has 98 valence electrons. The van der Waals surface area contributed by atoms with Gasteiger partial charge in [0.15, 0.2) is 0 Å². The maximum absolute atomic E-state index is 11.3. The van der Waals surface area contributed by atoms with Crippen molar-refractivity contribution >= 4 is 12.0 Å². The summed E-state index contributed by atoms with van der Waals surface area (Å²) in [5, 5.41) is 23.0. The zero-order chi connectivity index (χ0) is 13.5. The van der Waals surface area contributed by atoms with E-state index in [0.717, 1.165) is 5.56 Å². The third kappa shape index (κ3) is 4.32. The van der Waals surface area contributed by atoms with E-state index in [9.17, 15) is 9.59 Å². The van der Waals surface area contributed by atoms with Gasteiger partial charge < -0.3 is 20.8 Å². The maximum Gasteiger partial charge on any atom is 0.326 e. The Morgan fingerprint density at radius 3 is 2.39 bits per heavy atom. The van der Waals surface area contributed by atoms with E-state index in [1.165, 1.54) is 12.1 Å². The minimum Gasteiger partial charge on any atom is -0.508 e. The van der Waals surface area contributed by atoms with Gasteiger partial charge in [0.2, 0.25) is 0 Å². The fourth-order valence-corrected chi connectivity index (χ4v) is 1.44. The monoisotopic (exact) mass is 252 g/mol. The molecule has 0 aromatic heterocycles. The standard InChI is InChI=1S/C12H16N2O4/c1-2-13-12(18)14-10(11(16)17)7-8-3-5-9(15)6-4-8/h3-6,10,15H,2,7H2,1H3,(H,16,17)(H2,13,14,18)/t10-/m1/s1. The third-order valence-corrected chi connectivity index (χ3v) is 2.32. The van der Waals surface area contributed by atoms with Crippen LogP contribution in [0, 0.1) is 0 Å². The first kappa shape index (κ1) is 13.8. The first-order valence-electron chi connectivity index (χ1n) is 5.58. The summed E-state index contributed by atoms with van der Waals surface area (Å²) in [6, 6.07) is 4.67. The van der Waals surface area contributed by atoms with Gasteiger partial charge in [0.25, 0.3) is 0 Å². The van der Waals surface area contributed by atoms with E-state index >= 15 is 0 Å². The van der Waals surface area contributed by atoms with Crippen LogP contribution in [0.5, 0.6) is 5.75 Å². The van der Waals surface area contributed by atoms with Crippen molar-refractivity contribution in [2.24, 2.45) is 0 Å². The zero-order valence-corrected chi connectivity index (χ0v) is 10.0. The Morgan fingerprint density at radius 1 is 1.28 bits per heavy atom. The number of phenolic OH excluding ortho intramolecular Hbond substituents is 1. The lowest BCUT2D eigenvalue weighted by Gasteiger charge is -2.14. The van der Waals surface area contributed by atoms with Gasteiger partial charge in [-0.2, -0.15) is 0 Å². The lowest BCUT2D eigenvalue weighted by molar-refractivity contribution is -0.139. The van der Waals surface area contributed by atoms with E-state index in [1.807, 2.05) is 0 Å². The van der Waals surface area contributed by atoms with Crippen molar-refractivity contribution in [3.8, 4) is 5.75 Å². The summed E-state index contributed by atoms with van der Waals surface area (Å²) in [5.74, 6) is -0.989. The number of hydrogen-bond acceptors (Lipinski definition) is 3. The van der Waals surface area contributed by atoms with Gasteiger partial charge in [-0.3, -0.25) is 0 Å². The summed E-state index contributed by atoms with van der Waals surface area (Å²) < 4.78 is 0. The van der Waals surface area contributed by atoms with Crippen molar-refractivity contribution in [2.75, 3.05) is 6.54 Å². The van der Waals surface area contributed by atoms with Crippen LogP contribution in [0.15, 0.2) is 24.3 Å². The molecule has 0 radical (unpaired) electrons. The summed E-state index contributed by atoms with van der Waals surface area (Å²) in [5.41, 5.74) is 0.719. The Balaban J connectivity index is 2.65. The SMILES string of the molecule is CCNC(=O)N[C@H](Cc1ccc(O)cc1)C(=O)O. The fraction of sp³-hybridized carbons (Fsp3) is 0.333. The Bertz CT molecular complexity index is 417. The Kier molecular flexibility index (Phi) is 4.98. The van der Waals surface area contributed by atoms with Crippen molar-refractivity contribution < 1.29 is 19.8 Å². The van der Waals surface area contributed by atoms with E-state index in [4.69, 9.17) is 10.2 Å². The maximum atomic E-state index is 11.3. The molecule has 0 unspecified atom stereocenters. The molecular formula is C12H16N2O4. The van der Waals surface area contributed by atoms with Crippen molar-refractivity contribution in [1.82, 2.24) is 10.6 Å². The summed E-state index contributed by atoms with van der Waals surface area (Å²) in [7, 11) is 0. The van der Waals surface area contributed by atoms with E-state index in [1.54, 1.807) is 19.1 Å². The van der Waals surface area contributed by atoms with Crippen LogP contribution in [0.3, 0.4) is 0 Å². The van der Waals surface area contributed by atoms with Gasteiger partial charge in [-0.15, -0.1) is 0 Å². The number of carboxylic acid groups (broad SMARTS) is 1. The number of hydrogen-bond donors (Lipinski definition) is 4. The largest absolute Gasteiger partial charge is 0.508 e. The van der Waals surface area contributed by atoms with Gasteiger partial charge in [0, 0.05) is 13.0 Å². The molecule has 1 aromatic rings. The van der Waals surface area contributed by atoms with Crippen molar-refractivity contribution in [2.45, 2.75) is 19.4 Å². The van der Waals surface area contributed by atoms with E-state index < -0.39 is 18.0 Å². The number of carbonyl (C=O) groups excluding carboxylic acids is 1. The Hall–Kier alpha value is -2.24. The second-order valence-corrected chi connectivity index (χ2v) is 3.77. The number of nitrogens with one attached hydrogen (secondary N) is 2. The molecule has 18 heavy (non-hydrogen) atoms. The quantitative estimate of drug-likeness (QED) is 0.620. The second-order valence-electron chi connectivity index (χ2n) is 3.77. The van der Waals surface area contributed by atoms with Crippen LogP contribution in [-0.2, 0) is 11.2 Å². The molecule has 0 saturated heterocycles. The van der Waals surface area contributed by atoms with Gasteiger partial charge in [0.1, 0.15) is 11.8 Å². The molecule has 6 heteroatoms. The predicted molar refractivity (Wildman–Crippen MR) is 65.4 cm³/mol. The van der Waals surface area contributed by atoms with Crippen LogP contribution in [-0.4, -0.2) is 34.8 Å². The minimum absolute atomic E-state index is 0.113. The Labute approximate surface area is 105 Å². The molecule has 0 bridgehead atoms. The summed E-state index contributed by atoms with van der Waals surface area (Å²) in [4.78, 5) is 22.3. The fourth-order valence-electron chi connectivity index (χ4n) is 1.44. The number of amides is 2. The highest BCUT2D eigenvalue weighted by Crippen LogP contribution is 2.11. The molecule has 0 fully saturated rings. The average molecular weight is 252 g/mol. The smallest absolute Gasteiger partial charge is 0.326 e. The Morgan fingerprint density at radius 2 is 1.89 bits per heavy atom. The molecule has 4 N–H and O–H groups in total. The molecule has 6 nitrogen and oxygen atoms in total. The topological polar surface area (TPSA) is 98.7 Å². The number of phenols is 1. The molecule has 0 saturated carbocycles. The summed E-state index contributed by atoms with van der Waals surface area (Å²) in [6.07, 6.45) is 0.159. The van der Waals surface area contributed by atoms with Crippen LogP contribution < -0.4 is 10.6 Å².